The molecule has 7 nitrogen and oxygen atoms in total. The van der Waals surface area contributed by atoms with E-state index in [1.165, 1.54) is 11.8 Å². The molecule has 9 heteroatoms. The largest absolute Gasteiger partial charge is 0.493 e. The minimum atomic E-state index is -0.605. The molecule has 0 aliphatic carbocycles. The molecule has 1 unspecified atom stereocenters. The fourth-order valence-corrected chi connectivity index (χ4v) is 6.05. The van der Waals surface area contributed by atoms with Crippen molar-refractivity contribution in [1.82, 2.24) is 5.32 Å². The molecule has 5 aromatic rings. The molecule has 5 aromatic carbocycles. The Hall–Kier alpha value is -5.31. The topological polar surface area (TPSA) is 96.5 Å². The van der Waals surface area contributed by atoms with Gasteiger partial charge in [-0.15, -0.1) is 11.8 Å². The quantitative estimate of drug-likeness (QED) is 0.0907. The summed E-state index contributed by atoms with van der Waals surface area (Å²) in [7, 11) is 0. The van der Waals surface area contributed by atoms with Gasteiger partial charge in [0.2, 0.25) is 5.91 Å². The summed E-state index contributed by atoms with van der Waals surface area (Å²) in [6.07, 6.45) is 1.59. The number of aryl methyl sites for hydroxylation is 1. The molecule has 3 amide bonds. The zero-order chi connectivity index (χ0) is 33.9. The summed E-state index contributed by atoms with van der Waals surface area (Å²) in [5.74, 6) is -0.591. The lowest BCUT2D eigenvalue weighted by Gasteiger charge is -2.19. The first-order valence-electron chi connectivity index (χ1n) is 15.3. The van der Waals surface area contributed by atoms with Crippen LogP contribution in [0.1, 0.15) is 39.2 Å². The van der Waals surface area contributed by atoms with Gasteiger partial charge in [-0.1, -0.05) is 90.5 Å². The number of halogens is 1. The van der Waals surface area contributed by atoms with E-state index in [1.807, 2.05) is 80.6 Å². The van der Waals surface area contributed by atoms with Gasteiger partial charge in [-0.25, -0.2) is 0 Å². The highest BCUT2D eigenvalue weighted by Crippen LogP contribution is 2.37. The maximum absolute atomic E-state index is 13.8. The van der Waals surface area contributed by atoms with Crippen LogP contribution in [0.5, 0.6) is 5.75 Å². The van der Waals surface area contributed by atoms with Gasteiger partial charge < -0.3 is 20.7 Å². The Morgan fingerprint density at radius 2 is 1.52 bits per heavy atom. The van der Waals surface area contributed by atoms with Crippen molar-refractivity contribution in [2.75, 3.05) is 17.2 Å². The predicted molar refractivity (Wildman–Crippen MR) is 194 cm³/mol. The van der Waals surface area contributed by atoms with E-state index in [4.69, 9.17) is 16.3 Å². The lowest BCUT2D eigenvalue weighted by molar-refractivity contribution is -0.116. The molecule has 0 aliphatic heterocycles. The number of para-hydroxylation sites is 1. The van der Waals surface area contributed by atoms with Gasteiger partial charge in [0.15, 0.2) is 0 Å². The summed E-state index contributed by atoms with van der Waals surface area (Å²) >= 11 is 7.56. The second-order valence-electron chi connectivity index (χ2n) is 10.7. The number of rotatable bonds is 12. The Morgan fingerprint density at radius 1 is 0.812 bits per heavy atom. The third kappa shape index (κ3) is 9.15. The summed E-state index contributed by atoms with van der Waals surface area (Å²) in [5.41, 5.74) is 3.91. The summed E-state index contributed by atoms with van der Waals surface area (Å²) in [5, 5.41) is 8.64. The Morgan fingerprint density at radius 3 is 2.27 bits per heavy atom. The highest BCUT2D eigenvalue weighted by atomic mass is 35.5. The molecule has 48 heavy (non-hydrogen) atoms. The third-order valence-electron chi connectivity index (χ3n) is 7.19. The number of benzene rings is 5. The number of ether oxygens (including phenoxy) is 1. The van der Waals surface area contributed by atoms with Gasteiger partial charge >= 0.3 is 0 Å². The summed E-state index contributed by atoms with van der Waals surface area (Å²) < 4.78 is 5.75. The molecule has 0 saturated carbocycles. The van der Waals surface area contributed by atoms with Gasteiger partial charge in [0, 0.05) is 32.4 Å². The minimum Gasteiger partial charge on any atom is -0.493 e. The Balaban J connectivity index is 1.40. The summed E-state index contributed by atoms with van der Waals surface area (Å²) in [4.78, 5) is 41.4. The molecule has 3 N–H and O–H groups in total. The standard InChI is InChI=1S/C39H34ClN3O4S/c1-3-47-35-20-11-10-17-29(35)23-34(43-37(44)28-15-8-5-9-16-28)38(45)41-31-18-12-19-32(25-31)48-36(27-13-6-4-7-14-27)39(46)42-33-24-30(40)22-21-26(33)2/h4-25,36H,3H2,1-2H3,(H,41,45)(H,42,46)(H,43,44)/b34-23+. The molecule has 0 saturated heterocycles. The first-order chi connectivity index (χ1) is 23.3. The first kappa shape index (κ1) is 34.0. The number of carbonyl (C=O) groups is 3. The Kier molecular flexibility index (Phi) is 11.7. The molecule has 0 aromatic heterocycles. The monoisotopic (exact) mass is 675 g/mol. The minimum absolute atomic E-state index is 0.0347. The van der Waals surface area contributed by atoms with Crippen LogP contribution in [0.15, 0.2) is 138 Å². The van der Waals surface area contributed by atoms with Crippen LogP contribution in [0.2, 0.25) is 5.02 Å². The molecule has 0 spiro atoms. The van der Waals surface area contributed by atoms with Gasteiger partial charge in [-0.3, -0.25) is 14.4 Å². The van der Waals surface area contributed by atoms with Crippen LogP contribution in [0, 0.1) is 6.92 Å². The van der Waals surface area contributed by atoms with Crippen LogP contribution in [0.3, 0.4) is 0 Å². The number of nitrogens with one attached hydrogen (secondary N) is 3. The highest BCUT2D eigenvalue weighted by molar-refractivity contribution is 8.00. The first-order valence-corrected chi connectivity index (χ1v) is 16.6. The summed E-state index contributed by atoms with van der Waals surface area (Å²) in [6.45, 7) is 4.22. The maximum atomic E-state index is 13.8. The number of anilines is 2. The van der Waals surface area contributed by atoms with Crippen molar-refractivity contribution in [2.24, 2.45) is 0 Å². The number of carbonyl (C=O) groups excluding carboxylic acids is 3. The average Bonchev–Trinajstić information content (AvgIpc) is 3.10. The van der Waals surface area contributed by atoms with Crippen LogP contribution in [0.4, 0.5) is 11.4 Å². The maximum Gasteiger partial charge on any atom is 0.272 e. The molecule has 0 fully saturated rings. The van der Waals surface area contributed by atoms with Gasteiger partial charge in [0.05, 0.1) is 6.61 Å². The van der Waals surface area contributed by atoms with Crippen molar-refractivity contribution in [1.29, 1.82) is 0 Å². The van der Waals surface area contributed by atoms with E-state index in [2.05, 4.69) is 16.0 Å². The Labute approximate surface area is 289 Å². The zero-order valence-electron chi connectivity index (χ0n) is 26.4. The number of amides is 3. The molecule has 242 valence electrons. The second-order valence-corrected chi connectivity index (χ2v) is 12.3. The molecule has 0 bridgehead atoms. The van der Waals surface area contributed by atoms with E-state index in [0.29, 0.717) is 39.9 Å². The summed E-state index contributed by atoms with van der Waals surface area (Å²) in [6, 6.07) is 38.0. The van der Waals surface area contributed by atoms with Crippen molar-refractivity contribution in [2.45, 2.75) is 24.0 Å². The molecule has 1 atom stereocenters. The fraction of sp³-hybridized carbons (Fsp3) is 0.103. The van der Waals surface area contributed by atoms with Gasteiger partial charge in [0.25, 0.3) is 11.8 Å². The van der Waals surface area contributed by atoms with Crippen LogP contribution in [0.25, 0.3) is 6.08 Å². The van der Waals surface area contributed by atoms with Crippen LogP contribution in [-0.2, 0) is 9.59 Å². The second kappa shape index (κ2) is 16.5. The average molecular weight is 676 g/mol. The van der Waals surface area contributed by atoms with E-state index >= 15 is 0 Å². The van der Waals surface area contributed by atoms with E-state index in [-0.39, 0.29) is 11.6 Å². The van der Waals surface area contributed by atoms with Crippen molar-refractivity contribution in [3.8, 4) is 5.75 Å². The number of hydrogen-bond donors (Lipinski definition) is 3. The normalized spacial score (nSPS) is 11.7. The van der Waals surface area contributed by atoms with Gasteiger partial charge in [0.1, 0.15) is 16.7 Å². The number of thioether (sulfide) groups is 1. The van der Waals surface area contributed by atoms with Crippen LogP contribution < -0.4 is 20.7 Å². The van der Waals surface area contributed by atoms with Crippen LogP contribution in [-0.4, -0.2) is 24.3 Å². The van der Waals surface area contributed by atoms with Gasteiger partial charge in [-0.2, -0.15) is 0 Å². The van der Waals surface area contributed by atoms with E-state index in [9.17, 15) is 14.4 Å². The molecule has 5 rings (SSSR count). The van der Waals surface area contributed by atoms with Crippen molar-refractivity contribution >= 4 is 58.5 Å². The highest BCUT2D eigenvalue weighted by Gasteiger charge is 2.23. The van der Waals surface area contributed by atoms with Gasteiger partial charge in [-0.05, 0) is 79.6 Å². The predicted octanol–water partition coefficient (Wildman–Crippen LogP) is 8.93. The molecule has 0 radical (unpaired) electrons. The lowest BCUT2D eigenvalue weighted by Crippen LogP contribution is -2.30. The number of hydrogen-bond acceptors (Lipinski definition) is 5. The van der Waals surface area contributed by atoms with Crippen molar-refractivity contribution in [3.05, 3.63) is 160 Å². The molecule has 0 heterocycles. The smallest absolute Gasteiger partial charge is 0.272 e. The fourth-order valence-electron chi connectivity index (χ4n) is 4.79. The molecule has 0 aliphatic rings. The lowest BCUT2D eigenvalue weighted by atomic mass is 10.1. The zero-order valence-corrected chi connectivity index (χ0v) is 28.0. The van der Waals surface area contributed by atoms with E-state index in [1.54, 1.807) is 66.7 Å². The van der Waals surface area contributed by atoms with Crippen molar-refractivity contribution < 1.29 is 19.1 Å². The molecular weight excluding hydrogens is 642 g/mol. The van der Waals surface area contributed by atoms with E-state index < -0.39 is 17.1 Å². The molecular formula is C39H34ClN3O4S. The van der Waals surface area contributed by atoms with Crippen molar-refractivity contribution in [3.63, 3.8) is 0 Å². The van der Waals surface area contributed by atoms with E-state index in [0.717, 1.165) is 16.0 Å². The third-order valence-corrected chi connectivity index (χ3v) is 8.67. The Bertz CT molecular complexity index is 1930. The van der Waals surface area contributed by atoms with Crippen LogP contribution >= 0.6 is 23.4 Å². The SMILES string of the molecule is CCOc1ccccc1/C=C(/NC(=O)c1ccccc1)C(=O)Nc1cccc(SC(C(=O)Nc2cc(Cl)ccc2C)c2ccccc2)c1.